The summed E-state index contributed by atoms with van der Waals surface area (Å²) >= 11 is 1.43. The van der Waals surface area contributed by atoms with Gasteiger partial charge in [-0.15, -0.1) is 11.3 Å². The molecule has 2 rings (SSSR count). The Hall–Kier alpha value is -1.55. The number of benzene rings is 1. The Morgan fingerprint density at radius 2 is 2.33 bits per heavy atom. The summed E-state index contributed by atoms with van der Waals surface area (Å²) in [5.74, 6) is 0.0294. The number of rotatable bonds is 3. The number of thiazole rings is 1. The second-order valence-corrected chi connectivity index (χ2v) is 4.09. The Kier molecular flexibility index (Phi) is 2.87. The molecule has 0 aliphatic heterocycles. The van der Waals surface area contributed by atoms with Crippen LogP contribution in [-0.2, 0) is 0 Å². The lowest BCUT2D eigenvalue weighted by Crippen LogP contribution is -1.98. The van der Waals surface area contributed by atoms with Crippen LogP contribution in [0.4, 0.5) is 0 Å². The van der Waals surface area contributed by atoms with Crippen LogP contribution in [0.2, 0.25) is 0 Å². The summed E-state index contributed by atoms with van der Waals surface area (Å²) in [7, 11) is 1.66. The van der Waals surface area contributed by atoms with Gasteiger partial charge in [-0.3, -0.25) is 4.79 Å². The van der Waals surface area contributed by atoms with E-state index < -0.39 is 0 Å². The molecule has 0 bridgehead atoms. The lowest BCUT2D eigenvalue weighted by Gasteiger charge is -1.87. The number of hydrogen-bond acceptors (Lipinski definition) is 4. The van der Waals surface area contributed by atoms with E-state index in [1.165, 1.54) is 11.3 Å². The van der Waals surface area contributed by atoms with E-state index in [2.05, 4.69) is 9.98 Å². The van der Waals surface area contributed by atoms with Crippen LogP contribution in [-0.4, -0.2) is 24.0 Å². The lowest BCUT2D eigenvalue weighted by atomic mass is 10.3. The maximum Gasteiger partial charge on any atom is 0.196 e. The first kappa shape index (κ1) is 9.98. The van der Waals surface area contributed by atoms with Crippen molar-refractivity contribution in [1.29, 1.82) is 0 Å². The Balaban J connectivity index is 2.32. The first-order chi connectivity index (χ1) is 7.31. The maximum atomic E-state index is 11.6. The molecular weight excluding hydrogens is 208 g/mol. The number of aromatic nitrogens is 1. The van der Waals surface area contributed by atoms with Crippen molar-refractivity contribution in [3.63, 3.8) is 0 Å². The van der Waals surface area contributed by atoms with E-state index in [1.807, 2.05) is 24.3 Å². The number of nitrogens with zero attached hydrogens (tertiary/aromatic N) is 2. The lowest BCUT2D eigenvalue weighted by molar-refractivity contribution is 0.100. The molecule has 0 saturated heterocycles. The summed E-state index contributed by atoms with van der Waals surface area (Å²) in [5, 5.41) is 0.566. The number of Topliss-reactive ketones (excluding diaryl/α,β-unsaturated/α-hetero) is 1. The standard InChI is InChI=1S/C11H10N2OS/c1-12-7-6-9(14)11-13-8-4-2-3-5-10(8)15-11/h2-5,7H,6H2,1H3. The normalized spacial score (nSPS) is 11.3. The first-order valence-corrected chi connectivity index (χ1v) is 5.42. The Morgan fingerprint density at radius 3 is 3.07 bits per heavy atom. The van der Waals surface area contributed by atoms with Crippen molar-refractivity contribution in [2.45, 2.75) is 6.42 Å². The van der Waals surface area contributed by atoms with Gasteiger partial charge < -0.3 is 4.99 Å². The highest BCUT2D eigenvalue weighted by molar-refractivity contribution is 7.20. The number of aliphatic imine (C=N–C) groups is 1. The molecule has 1 heterocycles. The summed E-state index contributed by atoms with van der Waals surface area (Å²) in [5.41, 5.74) is 0.888. The molecule has 1 aromatic heterocycles. The van der Waals surface area contributed by atoms with E-state index >= 15 is 0 Å². The third-order valence-corrected chi connectivity index (χ3v) is 3.07. The molecule has 0 spiro atoms. The monoisotopic (exact) mass is 218 g/mol. The fourth-order valence-corrected chi connectivity index (χ4v) is 2.17. The third-order valence-electron chi connectivity index (χ3n) is 1.99. The van der Waals surface area contributed by atoms with Gasteiger partial charge in [-0.25, -0.2) is 4.98 Å². The number of carbonyl (C=O) groups is 1. The predicted octanol–water partition coefficient (Wildman–Crippen LogP) is 2.57. The third kappa shape index (κ3) is 2.10. The van der Waals surface area contributed by atoms with Crippen molar-refractivity contribution in [1.82, 2.24) is 4.98 Å². The molecule has 0 atom stereocenters. The molecule has 76 valence electrons. The van der Waals surface area contributed by atoms with Gasteiger partial charge in [0.05, 0.1) is 10.2 Å². The van der Waals surface area contributed by atoms with Crippen LogP contribution in [0.3, 0.4) is 0 Å². The zero-order chi connectivity index (χ0) is 10.7. The molecule has 0 fully saturated rings. The summed E-state index contributed by atoms with van der Waals surface area (Å²) in [6, 6.07) is 7.75. The van der Waals surface area contributed by atoms with Crippen LogP contribution < -0.4 is 0 Å². The van der Waals surface area contributed by atoms with Crippen molar-refractivity contribution in [2.24, 2.45) is 4.99 Å². The van der Waals surface area contributed by atoms with Crippen LogP contribution in [0, 0.1) is 0 Å². The molecule has 0 unspecified atom stereocenters. The molecule has 0 radical (unpaired) electrons. The smallest absolute Gasteiger partial charge is 0.196 e. The van der Waals surface area contributed by atoms with Crippen LogP contribution in [0.5, 0.6) is 0 Å². The molecule has 3 nitrogen and oxygen atoms in total. The van der Waals surface area contributed by atoms with Crippen LogP contribution in [0.15, 0.2) is 29.3 Å². The van der Waals surface area contributed by atoms with Crippen LogP contribution in [0.25, 0.3) is 10.2 Å². The summed E-state index contributed by atoms with van der Waals surface area (Å²) in [6.07, 6.45) is 1.94. The number of hydrogen-bond donors (Lipinski definition) is 0. The zero-order valence-electron chi connectivity index (χ0n) is 8.30. The molecule has 0 saturated carbocycles. The van der Waals surface area contributed by atoms with E-state index in [0.29, 0.717) is 11.4 Å². The van der Waals surface area contributed by atoms with Crippen molar-refractivity contribution in [2.75, 3.05) is 7.05 Å². The van der Waals surface area contributed by atoms with Gasteiger partial charge in [0.15, 0.2) is 10.8 Å². The van der Waals surface area contributed by atoms with Gasteiger partial charge in [0.2, 0.25) is 0 Å². The van der Waals surface area contributed by atoms with Gasteiger partial charge in [-0.1, -0.05) is 12.1 Å². The van der Waals surface area contributed by atoms with Gasteiger partial charge in [0, 0.05) is 19.7 Å². The predicted molar refractivity (Wildman–Crippen MR) is 63.0 cm³/mol. The molecule has 0 amide bonds. The fraction of sp³-hybridized carbons (Fsp3) is 0.182. The molecule has 4 heteroatoms. The van der Waals surface area contributed by atoms with Gasteiger partial charge >= 0.3 is 0 Å². The van der Waals surface area contributed by atoms with E-state index in [9.17, 15) is 4.79 Å². The Labute approximate surface area is 91.5 Å². The van der Waals surface area contributed by atoms with E-state index in [0.717, 1.165) is 10.2 Å². The van der Waals surface area contributed by atoms with E-state index in [-0.39, 0.29) is 5.78 Å². The quantitative estimate of drug-likeness (QED) is 0.587. The van der Waals surface area contributed by atoms with E-state index in [4.69, 9.17) is 0 Å². The second-order valence-electron chi connectivity index (χ2n) is 3.05. The van der Waals surface area contributed by atoms with Gasteiger partial charge in [-0.05, 0) is 12.1 Å². The fourth-order valence-electron chi connectivity index (χ4n) is 1.25. The summed E-state index contributed by atoms with van der Waals surface area (Å²) in [4.78, 5) is 19.7. The van der Waals surface area contributed by atoms with Crippen molar-refractivity contribution < 1.29 is 4.79 Å². The molecule has 0 N–H and O–H groups in total. The molecular formula is C11H10N2OS. The van der Waals surface area contributed by atoms with E-state index in [1.54, 1.807) is 13.3 Å². The number of para-hydroxylation sites is 1. The van der Waals surface area contributed by atoms with Gasteiger partial charge in [0.25, 0.3) is 0 Å². The highest BCUT2D eigenvalue weighted by Gasteiger charge is 2.10. The highest BCUT2D eigenvalue weighted by atomic mass is 32.1. The average Bonchev–Trinajstić information content (AvgIpc) is 2.69. The zero-order valence-corrected chi connectivity index (χ0v) is 9.12. The minimum Gasteiger partial charge on any atom is -0.300 e. The van der Waals surface area contributed by atoms with Gasteiger partial charge in [-0.2, -0.15) is 0 Å². The molecule has 0 aliphatic carbocycles. The largest absolute Gasteiger partial charge is 0.300 e. The highest BCUT2D eigenvalue weighted by Crippen LogP contribution is 2.22. The maximum absolute atomic E-state index is 11.6. The van der Waals surface area contributed by atoms with Crippen LogP contribution >= 0.6 is 11.3 Å². The Morgan fingerprint density at radius 1 is 1.53 bits per heavy atom. The topological polar surface area (TPSA) is 42.3 Å². The first-order valence-electron chi connectivity index (χ1n) is 4.60. The van der Waals surface area contributed by atoms with Crippen molar-refractivity contribution in [3.8, 4) is 0 Å². The molecule has 0 aliphatic rings. The second kappa shape index (κ2) is 4.31. The molecule has 1 aromatic carbocycles. The number of fused-ring (bicyclic) bond motifs is 1. The minimum atomic E-state index is 0.0294. The molecule has 2 aromatic rings. The average molecular weight is 218 g/mol. The van der Waals surface area contributed by atoms with Crippen molar-refractivity contribution >= 4 is 33.6 Å². The minimum absolute atomic E-state index is 0.0294. The van der Waals surface area contributed by atoms with Crippen molar-refractivity contribution in [3.05, 3.63) is 29.3 Å². The SMILES string of the molecule is CN=CCC(=O)c1nc2ccccc2s1. The van der Waals surface area contributed by atoms with Gasteiger partial charge in [0.1, 0.15) is 0 Å². The molecule has 15 heavy (non-hydrogen) atoms. The summed E-state index contributed by atoms with van der Waals surface area (Å²) in [6.45, 7) is 0. The summed E-state index contributed by atoms with van der Waals surface area (Å²) < 4.78 is 1.05. The number of ketones is 1. The van der Waals surface area contributed by atoms with Crippen LogP contribution in [0.1, 0.15) is 16.2 Å². The Bertz CT molecular complexity index is 483. The number of carbonyl (C=O) groups excluding carboxylic acids is 1.